The maximum absolute atomic E-state index is 13.3. The summed E-state index contributed by atoms with van der Waals surface area (Å²) in [5.41, 5.74) is 3.44. The van der Waals surface area contributed by atoms with Crippen LogP contribution in [0.5, 0.6) is 0 Å². The van der Waals surface area contributed by atoms with Gasteiger partial charge in [0.25, 0.3) is 5.56 Å². The molecular weight excluding hydrogens is 426 g/mol. The van der Waals surface area contributed by atoms with Crippen LogP contribution in [0.25, 0.3) is 10.2 Å². The minimum Gasteiger partial charge on any atom is -0.351 e. The molecule has 0 bridgehead atoms. The van der Waals surface area contributed by atoms with Crippen molar-refractivity contribution in [1.29, 1.82) is 0 Å². The van der Waals surface area contributed by atoms with Crippen LogP contribution in [-0.4, -0.2) is 21.2 Å². The number of aryl methyl sites for hydroxylation is 3. The van der Waals surface area contributed by atoms with Gasteiger partial charge in [0.2, 0.25) is 5.91 Å². The van der Waals surface area contributed by atoms with E-state index >= 15 is 0 Å². The zero-order chi connectivity index (χ0) is 21.8. The lowest BCUT2D eigenvalue weighted by atomic mass is 10.1. The molecule has 2 heterocycles. The number of amides is 1. The van der Waals surface area contributed by atoms with Crippen LogP contribution in [0.1, 0.15) is 40.8 Å². The topological polar surface area (TPSA) is 64.0 Å². The molecule has 4 rings (SSSR count). The van der Waals surface area contributed by atoms with Crippen LogP contribution in [0, 0.1) is 6.92 Å². The molecule has 162 valence electrons. The number of rotatable bonds is 7. The Morgan fingerprint density at radius 1 is 1.26 bits per heavy atom. The first-order chi connectivity index (χ1) is 15.1. The van der Waals surface area contributed by atoms with Crippen LogP contribution in [-0.2, 0) is 30.7 Å². The highest BCUT2D eigenvalue weighted by Gasteiger charge is 2.21. The number of thioether (sulfide) groups is 1. The first-order valence-corrected chi connectivity index (χ1v) is 12.5. The number of hydrogen-bond donors (Lipinski definition) is 1. The van der Waals surface area contributed by atoms with Gasteiger partial charge in [-0.15, -0.1) is 17.9 Å². The van der Waals surface area contributed by atoms with Gasteiger partial charge >= 0.3 is 0 Å². The number of aromatic nitrogens is 2. The molecule has 2 aromatic heterocycles. The third-order valence-corrected chi connectivity index (χ3v) is 7.71. The van der Waals surface area contributed by atoms with Crippen LogP contribution in [0.15, 0.2) is 46.9 Å². The van der Waals surface area contributed by atoms with Gasteiger partial charge in [-0.3, -0.25) is 14.2 Å². The summed E-state index contributed by atoms with van der Waals surface area (Å²) in [6, 6.07) is 8.10. The van der Waals surface area contributed by atoms with E-state index in [1.807, 2.05) is 31.2 Å². The third kappa shape index (κ3) is 4.93. The molecule has 31 heavy (non-hydrogen) atoms. The van der Waals surface area contributed by atoms with Gasteiger partial charge in [0.15, 0.2) is 5.16 Å². The summed E-state index contributed by atoms with van der Waals surface area (Å²) in [6.45, 7) is 6.72. The number of nitrogens with zero attached hydrogens (tertiary/aromatic N) is 2. The number of benzene rings is 1. The van der Waals surface area contributed by atoms with Crippen LogP contribution in [0.2, 0.25) is 0 Å². The van der Waals surface area contributed by atoms with E-state index < -0.39 is 0 Å². The zero-order valence-corrected chi connectivity index (χ0v) is 19.4. The van der Waals surface area contributed by atoms with Crippen molar-refractivity contribution >= 4 is 39.2 Å². The molecule has 1 aliphatic rings. The Kier molecular flexibility index (Phi) is 6.92. The fourth-order valence-corrected chi connectivity index (χ4v) is 6.03. The highest BCUT2D eigenvalue weighted by Crippen LogP contribution is 2.34. The van der Waals surface area contributed by atoms with Gasteiger partial charge in [0.05, 0.1) is 11.1 Å². The Morgan fingerprint density at radius 2 is 2.03 bits per heavy atom. The molecule has 0 atom stereocenters. The first kappa shape index (κ1) is 21.8. The summed E-state index contributed by atoms with van der Waals surface area (Å²) in [7, 11) is 0. The molecule has 3 aromatic rings. The number of thiophene rings is 1. The molecule has 0 spiro atoms. The second kappa shape index (κ2) is 9.83. The molecule has 1 aromatic carbocycles. The molecule has 1 N–H and O–H groups in total. The van der Waals surface area contributed by atoms with Crippen molar-refractivity contribution in [2.24, 2.45) is 0 Å². The first-order valence-electron chi connectivity index (χ1n) is 10.7. The fraction of sp³-hybridized carbons (Fsp3) is 0.375. The van der Waals surface area contributed by atoms with Crippen molar-refractivity contribution in [3.8, 4) is 0 Å². The average molecular weight is 454 g/mol. The molecule has 0 radical (unpaired) electrons. The van der Waals surface area contributed by atoms with Crippen LogP contribution in [0.3, 0.4) is 0 Å². The molecule has 0 unspecified atom stereocenters. The molecule has 0 saturated heterocycles. The number of fused-ring (bicyclic) bond motifs is 3. The molecule has 1 aliphatic carbocycles. The largest absolute Gasteiger partial charge is 0.351 e. The summed E-state index contributed by atoms with van der Waals surface area (Å²) in [4.78, 5) is 32.7. The van der Waals surface area contributed by atoms with Gasteiger partial charge < -0.3 is 5.32 Å². The Balaban J connectivity index is 1.53. The Bertz CT molecular complexity index is 1160. The normalized spacial score (nSPS) is 13.6. The fourth-order valence-electron chi connectivity index (χ4n) is 3.88. The Morgan fingerprint density at radius 3 is 2.81 bits per heavy atom. The Labute approximate surface area is 190 Å². The van der Waals surface area contributed by atoms with Gasteiger partial charge in [0.1, 0.15) is 4.83 Å². The minimum atomic E-state index is -0.0768. The molecule has 0 aliphatic heterocycles. The van der Waals surface area contributed by atoms with Gasteiger partial charge in [-0.05, 0) is 43.7 Å². The average Bonchev–Trinajstić information content (AvgIpc) is 2.95. The van der Waals surface area contributed by atoms with Gasteiger partial charge in [-0.25, -0.2) is 4.98 Å². The van der Waals surface area contributed by atoms with E-state index in [1.54, 1.807) is 22.0 Å². The summed E-state index contributed by atoms with van der Waals surface area (Å²) in [5.74, 6) is 0.138. The summed E-state index contributed by atoms with van der Waals surface area (Å²) in [6.07, 6.45) is 7.19. The minimum absolute atomic E-state index is 0.00753. The van der Waals surface area contributed by atoms with E-state index in [9.17, 15) is 9.59 Å². The predicted molar refractivity (Wildman–Crippen MR) is 129 cm³/mol. The lowest BCUT2D eigenvalue weighted by Gasteiger charge is -2.11. The van der Waals surface area contributed by atoms with Crippen molar-refractivity contribution in [2.45, 2.75) is 57.3 Å². The number of allylic oxidation sites excluding steroid dienone is 1. The number of carbonyl (C=O) groups excluding carboxylic acids is 1. The van der Waals surface area contributed by atoms with E-state index in [0.29, 0.717) is 18.2 Å². The van der Waals surface area contributed by atoms with E-state index in [-0.39, 0.29) is 17.2 Å². The van der Waals surface area contributed by atoms with E-state index in [4.69, 9.17) is 4.98 Å². The van der Waals surface area contributed by atoms with Crippen LogP contribution >= 0.6 is 23.1 Å². The van der Waals surface area contributed by atoms with E-state index in [0.717, 1.165) is 35.0 Å². The molecule has 1 amide bonds. The second-order valence-electron chi connectivity index (χ2n) is 7.89. The third-order valence-electron chi connectivity index (χ3n) is 5.54. The summed E-state index contributed by atoms with van der Waals surface area (Å²) >= 11 is 2.96. The van der Waals surface area contributed by atoms with Crippen molar-refractivity contribution in [3.05, 3.63) is 68.8 Å². The molecule has 0 fully saturated rings. The SMILES string of the molecule is C=CCn1c(SCC(=O)NCc2ccc(C)cc2)nc2sc3c(c2c1=O)CCCCC3. The number of carbonyl (C=O) groups is 1. The standard InChI is InChI=1S/C24H27N3O2S2/c1-3-13-27-23(29)21-18-7-5-4-6-8-19(18)31-22(21)26-24(27)30-15-20(28)25-14-17-11-9-16(2)10-12-17/h3,9-12H,1,4-8,13-15H2,2H3,(H,25,28). The van der Waals surface area contributed by atoms with E-state index in [1.165, 1.54) is 40.6 Å². The van der Waals surface area contributed by atoms with Crippen molar-refractivity contribution < 1.29 is 4.79 Å². The van der Waals surface area contributed by atoms with Crippen LogP contribution < -0.4 is 10.9 Å². The van der Waals surface area contributed by atoms with Crippen molar-refractivity contribution in [3.63, 3.8) is 0 Å². The molecular formula is C24H27N3O2S2. The molecule has 5 nitrogen and oxygen atoms in total. The predicted octanol–water partition coefficient (Wildman–Crippen LogP) is 4.63. The Hall–Kier alpha value is -2.38. The van der Waals surface area contributed by atoms with E-state index in [2.05, 4.69) is 11.9 Å². The lowest BCUT2D eigenvalue weighted by molar-refractivity contribution is -0.118. The maximum atomic E-state index is 13.3. The molecule has 7 heteroatoms. The monoisotopic (exact) mass is 453 g/mol. The lowest BCUT2D eigenvalue weighted by Crippen LogP contribution is -2.26. The highest BCUT2D eigenvalue weighted by molar-refractivity contribution is 7.99. The van der Waals surface area contributed by atoms with Crippen molar-refractivity contribution in [1.82, 2.24) is 14.9 Å². The second-order valence-corrected chi connectivity index (χ2v) is 9.92. The maximum Gasteiger partial charge on any atom is 0.263 e. The summed E-state index contributed by atoms with van der Waals surface area (Å²) in [5, 5.41) is 4.30. The quantitative estimate of drug-likeness (QED) is 0.245. The van der Waals surface area contributed by atoms with Gasteiger partial charge in [-0.2, -0.15) is 0 Å². The number of nitrogens with one attached hydrogen (secondary N) is 1. The van der Waals surface area contributed by atoms with Gasteiger partial charge in [-0.1, -0.05) is 54.1 Å². The van der Waals surface area contributed by atoms with Crippen LogP contribution in [0.4, 0.5) is 0 Å². The summed E-state index contributed by atoms with van der Waals surface area (Å²) < 4.78 is 1.66. The van der Waals surface area contributed by atoms with Crippen molar-refractivity contribution in [2.75, 3.05) is 5.75 Å². The molecule has 0 saturated carbocycles. The van der Waals surface area contributed by atoms with Gasteiger partial charge in [0, 0.05) is 18.0 Å². The number of hydrogen-bond acceptors (Lipinski definition) is 5. The zero-order valence-electron chi connectivity index (χ0n) is 17.8. The highest BCUT2D eigenvalue weighted by atomic mass is 32.2. The smallest absolute Gasteiger partial charge is 0.263 e.